The van der Waals surface area contributed by atoms with Gasteiger partial charge in [0.15, 0.2) is 0 Å². The Kier molecular flexibility index (Phi) is 5.59. The van der Waals surface area contributed by atoms with Crippen LogP contribution in [0.25, 0.3) is 0 Å². The van der Waals surface area contributed by atoms with E-state index in [0.29, 0.717) is 18.7 Å². The van der Waals surface area contributed by atoms with Crippen molar-refractivity contribution in [1.29, 1.82) is 0 Å². The van der Waals surface area contributed by atoms with Crippen molar-refractivity contribution >= 4 is 23.9 Å². The summed E-state index contributed by atoms with van der Waals surface area (Å²) in [5, 5.41) is 18.3. The molecule has 1 spiro atoms. The molecule has 10 nitrogen and oxygen atoms in total. The molecule has 1 aromatic rings. The molecule has 5 rings (SSSR count). The average molecular weight is 455 g/mol. The van der Waals surface area contributed by atoms with Crippen molar-refractivity contribution in [3.05, 3.63) is 41.1 Å². The Hall–Kier alpha value is -2.95. The minimum Gasteiger partial charge on any atom is -0.456 e. The largest absolute Gasteiger partial charge is 0.456 e. The maximum Gasteiger partial charge on any atom is 0.336 e. The number of aliphatic hydroxyl groups is 1. The number of nitrogens with zero attached hydrogens (tertiary/aromatic N) is 5. The third-order valence-corrected chi connectivity index (χ3v) is 7.31. The lowest BCUT2D eigenvalue weighted by molar-refractivity contribution is -0.138. The van der Waals surface area contributed by atoms with Crippen molar-refractivity contribution in [3.8, 4) is 0 Å². The SMILES string of the molecule is CC1=C(N2CCC3(CCN(C[C@H](O)c4ccc(N5C=NN(C)N5)cc4)CC3)C2=O)COC1=O. The molecule has 2 saturated heterocycles. The molecule has 0 aromatic heterocycles. The summed E-state index contributed by atoms with van der Waals surface area (Å²) in [5.41, 5.74) is 5.76. The Morgan fingerprint density at radius 3 is 2.45 bits per heavy atom. The van der Waals surface area contributed by atoms with E-state index in [4.69, 9.17) is 4.74 Å². The molecule has 4 heterocycles. The van der Waals surface area contributed by atoms with Crippen LogP contribution in [0.2, 0.25) is 0 Å². The number of piperidine rings is 1. The third kappa shape index (κ3) is 3.98. The van der Waals surface area contributed by atoms with Crippen LogP contribution in [-0.4, -0.2) is 78.1 Å². The Morgan fingerprint density at radius 1 is 1.15 bits per heavy atom. The Labute approximate surface area is 193 Å². The van der Waals surface area contributed by atoms with E-state index < -0.39 is 6.10 Å². The van der Waals surface area contributed by atoms with Gasteiger partial charge >= 0.3 is 5.97 Å². The van der Waals surface area contributed by atoms with Crippen LogP contribution >= 0.6 is 0 Å². The van der Waals surface area contributed by atoms with Gasteiger partial charge < -0.3 is 19.6 Å². The zero-order valence-corrected chi connectivity index (χ0v) is 19.0. The standard InChI is InChI=1S/C23H30N6O4/c1-16-19(14-33-21(16)31)28-12-9-23(22(28)32)7-10-27(11-8-23)13-20(30)17-3-5-18(6-4-17)29-15-24-26(2)25-29/h3-6,15,20,25,30H,7-14H2,1-2H3/t20-/m0/s1. The zero-order valence-electron chi connectivity index (χ0n) is 19.0. The number of hydrazone groups is 1. The number of benzene rings is 1. The van der Waals surface area contributed by atoms with E-state index >= 15 is 0 Å². The molecule has 1 atom stereocenters. The molecular formula is C23H30N6O4. The second-order valence-corrected chi connectivity index (χ2v) is 9.27. The van der Waals surface area contributed by atoms with Crippen LogP contribution in [-0.2, 0) is 14.3 Å². The van der Waals surface area contributed by atoms with E-state index in [2.05, 4.69) is 15.5 Å². The molecule has 2 fully saturated rings. The lowest BCUT2D eigenvalue weighted by atomic mass is 9.77. The number of aliphatic hydroxyl groups excluding tert-OH is 1. The second kappa shape index (κ2) is 8.44. The summed E-state index contributed by atoms with van der Waals surface area (Å²) in [6, 6.07) is 7.75. The van der Waals surface area contributed by atoms with E-state index in [1.807, 2.05) is 31.3 Å². The van der Waals surface area contributed by atoms with Crippen molar-refractivity contribution in [2.75, 3.05) is 44.8 Å². The minimum atomic E-state index is -0.596. The van der Waals surface area contributed by atoms with E-state index in [0.717, 1.165) is 49.3 Å². The van der Waals surface area contributed by atoms with Gasteiger partial charge in [0.05, 0.1) is 28.5 Å². The number of β-amino-alcohol motifs (C(OH)–C–C–N with tert-alkyl or cyclic N) is 1. The monoisotopic (exact) mass is 454 g/mol. The van der Waals surface area contributed by atoms with Crippen molar-refractivity contribution in [2.45, 2.75) is 32.3 Å². The first-order valence-electron chi connectivity index (χ1n) is 11.4. The molecule has 0 saturated carbocycles. The van der Waals surface area contributed by atoms with Crippen LogP contribution in [0.15, 0.2) is 40.6 Å². The molecule has 4 aliphatic heterocycles. The zero-order chi connectivity index (χ0) is 23.2. The first-order valence-corrected chi connectivity index (χ1v) is 11.4. The summed E-state index contributed by atoms with van der Waals surface area (Å²) in [5.74, 6) is -0.205. The number of rotatable bonds is 5. The van der Waals surface area contributed by atoms with Crippen LogP contribution in [0, 0.1) is 5.41 Å². The number of hydrogen-bond acceptors (Lipinski definition) is 9. The predicted molar refractivity (Wildman–Crippen MR) is 121 cm³/mol. The maximum absolute atomic E-state index is 13.3. The number of carbonyl (C=O) groups is 2. The lowest BCUT2D eigenvalue weighted by Crippen LogP contribution is -2.45. The Bertz CT molecular complexity index is 999. The average Bonchev–Trinajstić information content (AvgIpc) is 3.49. The van der Waals surface area contributed by atoms with Crippen molar-refractivity contribution in [2.24, 2.45) is 10.5 Å². The number of hydrogen-bond donors (Lipinski definition) is 2. The summed E-state index contributed by atoms with van der Waals surface area (Å²) in [4.78, 5) is 29.0. The normalized spacial score (nSPS) is 23.9. The number of cyclic esters (lactones) is 1. The van der Waals surface area contributed by atoms with Gasteiger partial charge in [-0.25, -0.2) is 14.9 Å². The van der Waals surface area contributed by atoms with Crippen LogP contribution in [0.1, 0.15) is 37.9 Å². The second-order valence-electron chi connectivity index (χ2n) is 9.27. The smallest absolute Gasteiger partial charge is 0.336 e. The number of amides is 1. The number of anilines is 1. The molecule has 10 heteroatoms. The first-order chi connectivity index (χ1) is 15.9. The number of hydrazine groups is 2. The van der Waals surface area contributed by atoms with Gasteiger partial charge in [0.1, 0.15) is 12.9 Å². The topological polar surface area (TPSA) is 101 Å². The summed E-state index contributed by atoms with van der Waals surface area (Å²) < 4.78 is 5.10. The van der Waals surface area contributed by atoms with Crippen LogP contribution in [0.4, 0.5) is 5.69 Å². The summed E-state index contributed by atoms with van der Waals surface area (Å²) in [7, 11) is 1.82. The van der Waals surface area contributed by atoms with Gasteiger partial charge in [-0.3, -0.25) is 4.79 Å². The molecule has 1 aromatic carbocycles. The van der Waals surface area contributed by atoms with Gasteiger partial charge in [0.2, 0.25) is 5.91 Å². The summed E-state index contributed by atoms with van der Waals surface area (Å²) in [6.45, 7) is 4.63. The van der Waals surface area contributed by atoms with Gasteiger partial charge in [-0.2, -0.15) is 0 Å². The fourth-order valence-electron chi connectivity index (χ4n) is 5.12. The fourth-order valence-corrected chi connectivity index (χ4v) is 5.12. The lowest BCUT2D eigenvalue weighted by Gasteiger charge is -2.38. The van der Waals surface area contributed by atoms with E-state index in [-0.39, 0.29) is 23.9 Å². The van der Waals surface area contributed by atoms with Gasteiger partial charge in [-0.05, 0) is 57.0 Å². The molecule has 176 valence electrons. The van der Waals surface area contributed by atoms with E-state index in [1.54, 1.807) is 28.3 Å². The van der Waals surface area contributed by atoms with Crippen molar-refractivity contribution in [1.82, 2.24) is 20.5 Å². The van der Waals surface area contributed by atoms with Gasteiger partial charge in [0.25, 0.3) is 0 Å². The van der Waals surface area contributed by atoms with E-state index in [1.165, 1.54) is 0 Å². The minimum absolute atomic E-state index is 0.121. The van der Waals surface area contributed by atoms with E-state index in [9.17, 15) is 14.7 Å². The molecule has 2 N–H and O–H groups in total. The number of esters is 1. The molecule has 4 aliphatic rings. The summed E-state index contributed by atoms with van der Waals surface area (Å²) >= 11 is 0. The molecule has 1 amide bonds. The van der Waals surface area contributed by atoms with Crippen molar-refractivity contribution < 1.29 is 19.4 Å². The number of carbonyl (C=O) groups excluding carboxylic acids is 2. The van der Waals surface area contributed by atoms with Crippen LogP contribution < -0.4 is 10.5 Å². The molecule has 0 aliphatic carbocycles. The van der Waals surface area contributed by atoms with Gasteiger partial charge in [-0.15, -0.1) is 10.6 Å². The maximum atomic E-state index is 13.3. The highest BCUT2D eigenvalue weighted by Crippen LogP contribution is 2.44. The first kappa shape index (κ1) is 21.9. The van der Waals surface area contributed by atoms with Crippen molar-refractivity contribution in [3.63, 3.8) is 0 Å². The molecular weight excluding hydrogens is 424 g/mol. The highest BCUT2D eigenvalue weighted by Gasteiger charge is 2.50. The highest BCUT2D eigenvalue weighted by molar-refractivity contribution is 5.94. The van der Waals surface area contributed by atoms with Gasteiger partial charge in [-0.1, -0.05) is 12.1 Å². The Balaban J connectivity index is 1.16. The summed E-state index contributed by atoms with van der Waals surface area (Å²) in [6.07, 6.45) is 3.43. The fraction of sp³-hybridized carbons (Fsp3) is 0.522. The highest BCUT2D eigenvalue weighted by atomic mass is 16.5. The quantitative estimate of drug-likeness (QED) is 0.635. The Morgan fingerprint density at radius 2 is 1.85 bits per heavy atom. The van der Waals surface area contributed by atoms with Crippen LogP contribution in [0.5, 0.6) is 0 Å². The number of nitrogens with one attached hydrogen (secondary N) is 1. The molecule has 0 unspecified atom stereocenters. The molecule has 0 radical (unpaired) electrons. The molecule has 33 heavy (non-hydrogen) atoms. The number of likely N-dealkylation sites (tertiary alicyclic amines) is 2. The van der Waals surface area contributed by atoms with Gasteiger partial charge in [0, 0.05) is 20.1 Å². The molecule has 0 bridgehead atoms. The predicted octanol–water partition coefficient (Wildman–Crippen LogP) is 0.980. The number of ether oxygens (including phenoxy) is 1. The van der Waals surface area contributed by atoms with Crippen LogP contribution in [0.3, 0.4) is 0 Å². The third-order valence-electron chi connectivity index (χ3n) is 7.31.